The normalized spacial score (nSPS) is 17.3. The van der Waals surface area contributed by atoms with E-state index in [-0.39, 0.29) is 11.6 Å². The Labute approximate surface area is 346 Å². The number of rotatable bonds is 6. The molecule has 0 aliphatic carbocycles. The van der Waals surface area contributed by atoms with Crippen LogP contribution >= 0.6 is 0 Å². The van der Waals surface area contributed by atoms with Crippen LogP contribution in [0.4, 0.5) is 0 Å². The van der Waals surface area contributed by atoms with Gasteiger partial charge in [0.15, 0.2) is 17.5 Å². The maximum Gasteiger partial charge on any atom is 0.164 e. The highest BCUT2D eigenvalue weighted by Gasteiger charge is 2.19. The minimum Gasteiger partial charge on any atom is -0.208 e. The van der Waals surface area contributed by atoms with Crippen LogP contribution in [0.15, 0.2) is 200 Å². The van der Waals surface area contributed by atoms with Gasteiger partial charge in [0, 0.05) is 16.7 Å². The van der Waals surface area contributed by atoms with Gasteiger partial charge in [-0.1, -0.05) is 194 Å². The molecule has 252 valence electrons. The summed E-state index contributed by atoms with van der Waals surface area (Å²) in [6.07, 6.45) is 0. The zero-order chi connectivity index (χ0) is 55.9. The van der Waals surface area contributed by atoms with E-state index in [1.807, 2.05) is 0 Å². The number of hydrogen-bond donors (Lipinski definition) is 0. The van der Waals surface area contributed by atoms with Gasteiger partial charge < -0.3 is 0 Å². The van der Waals surface area contributed by atoms with Crippen LogP contribution in [0.25, 0.3) is 99.9 Å². The second kappa shape index (κ2) is 13.4. The number of fused-ring (bicyclic) bond motifs is 6. The first-order valence-corrected chi connectivity index (χ1v) is 16.4. The van der Waals surface area contributed by atoms with E-state index < -0.39 is 216 Å². The highest BCUT2D eigenvalue weighted by Crippen LogP contribution is 2.43. The van der Waals surface area contributed by atoms with E-state index in [0.29, 0.717) is 11.1 Å². The van der Waals surface area contributed by atoms with Crippen molar-refractivity contribution >= 4 is 32.3 Å². The minimum atomic E-state index is -1.06. The van der Waals surface area contributed by atoms with Gasteiger partial charge in [-0.2, -0.15) is 0 Å². The Hall–Kier alpha value is -7.23. The van der Waals surface area contributed by atoms with E-state index in [9.17, 15) is 12.3 Å². The predicted octanol–water partition coefficient (Wildman–Crippen LogP) is 13.3. The topological polar surface area (TPSA) is 38.7 Å². The Morgan fingerprint density at radius 1 is 0.278 bits per heavy atom. The van der Waals surface area contributed by atoms with Gasteiger partial charge in [-0.3, -0.25) is 0 Å². The maximum absolute atomic E-state index is 9.99. The monoisotopic (exact) mass is 710 g/mol. The Kier molecular flexibility index (Phi) is 3.92. The fourth-order valence-corrected chi connectivity index (χ4v) is 6.24. The van der Waals surface area contributed by atoms with Crippen molar-refractivity contribution in [2.24, 2.45) is 0 Å². The zero-order valence-electron chi connectivity index (χ0n) is 50.6. The standard InChI is InChI=1S/C51H33N3/c1-3-17-34(18-4-1)49-52-50(35-19-5-2-6-20-35)54-51(53-49)47-30-16-15-28-44(47)41-25-11-9-23-39(41)38-22-8-7-21-37(38)36-31-32-46-43-27-12-10-24-40(43)42-26-13-14-29-45(42)48(46)33-36/h1-33H/i7D,8D,9D,10D,11D,12D,13D,14D,15D,16D,21D,22D,23D,24D,25D,26D,27D,28D,29D,30D,31D,32D,33D. The molecule has 10 rings (SSSR count). The van der Waals surface area contributed by atoms with Crippen LogP contribution in [0.3, 0.4) is 0 Å². The van der Waals surface area contributed by atoms with Crippen molar-refractivity contribution in [1.82, 2.24) is 15.0 Å². The molecule has 54 heavy (non-hydrogen) atoms. The molecule has 0 aliphatic heterocycles. The van der Waals surface area contributed by atoms with Gasteiger partial charge in [0.05, 0.1) is 31.5 Å². The second-order valence-corrected chi connectivity index (χ2v) is 11.8. The molecule has 0 spiro atoms. The Morgan fingerprint density at radius 3 is 1.13 bits per heavy atom. The molecule has 0 N–H and O–H groups in total. The first-order chi connectivity index (χ1) is 36.4. The van der Waals surface area contributed by atoms with Gasteiger partial charge in [0.1, 0.15) is 0 Å². The van der Waals surface area contributed by atoms with Crippen molar-refractivity contribution in [2.75, 3.05) is 0 Å². The summed E-state index contributed by atoms with van der Waals surface area (Å²) in [6.45, 7) is 0. The number of benzene rings is 9. The van der Waals surface area contributed by atoms with Crippen LogP contribution in [0, 0.1) is 0 Å². The smallest absolute Gasteiger partial charge is 0.164 e. The summed E-state index contributed by atoms with van der Waals surface area (Å²) in [5.41, 5.74) is -4.56. The maximum atomic E-state index is 9.99. The zero-order valence-corrected chi connectivity index (χ0v) is 27.6. The van der Waals surface area contributed by atoms with Crippen molar-refractivity contribution in [3.05, 3.63) is 200 Å². The number of hydrogen-bond acceptors (Lipinski definition) is 3. The fraction of sp³-hybridized carbons (Fsp3) is 0. The molecule has 0 radical (unpaired) electrons. The third kappa shape index (κ3) is 5.51. The molecule has 0 saturated carbocycles. The number of nitrogens with zero attached hydrogens (tertiary/aromatic N) is 3. The molecule has 0 atom stereocenters. The van der Waals surface area contributed by atoms with E-state index in [0.717, 1.165) is 0 Å². The molecule has 1 heterocycles. The molecule has 0 amide bonds. The van der Waals surface area contributed by atoms with Crippen molar-refractivity contribution in [3.8, 4) is 67.5 Å². The van der Waals surface area contributed by atoms with Crippen molar-refractivity contribution in [3.63, 3.8) is 0 Å². The highest BCUT2D eigenvalue weighted by molar-refractivity contribution is 6.25. The summed E-state index contributed by atoms with van der Waals surface area (Å²) >= 11 is 0. The molecule has 0 saturated heterocycles. The third-order valence-electron chi connectivity index (χ3n) is 8.67. The van der Waals surface area contributed by atoms with Crippen LogP contribution in [0.5, 0.6) is 0 Å². The summed E-state index contributed by atoms with van der Waals surface area (Å²) < 4.78 is 211. The second-order valence-electron chi connectivity index (χ2n) is 11.8. The largest absolute Gasteiger partial charge is 0.208 e. The molecule has 0 bridgehead atoms. The molecule has 3 nitrogen and oxygen atoms in total. The SMILES string of the molecule is [2H]c1c([2H])c([2H])c(-c2c([2H])c([2H])c([2H])c([2H])c2-c2c([2H])c([2H])c([2H])c([2H])c2-c2c([2H])c([2H])c3c4c([2H])c([2H])c([2H])c([2H])c4c4c([2H])c([2H])c([2H])c([2H])c4c3c2[2H])c(-c2nc(-c3ccccc3)nc(-c3ccccc3)n2)c1[2H]. The Balaban J connectivity index is 1.43. The van der Waals surface area contributed by atoms with Crippen LogP contribution < -0.4 is 0 Å². The van der Waals surface area contributed by atoms with Crippen LogP contribution in [0.1, 0.15) is 31.5 Å². The molecular weight excluding hydrogens is 655 g/mol. The van der Waals surface area contributed by atoms with E-state index in [1.165, 1.54) is 0 Å². The average molecular weight is 711 g/mol. The summed E-state index contributed by atoms with van der Waals surface area (Å²) in [7, 11) is 0. The van der Waals surface area contributed by atoms with Gasteiger partial charge in [-0.15, -0.1) is 0 Å². The molecule has 3 heteroatoms. The first-order valence-electron chi connectivity index (χ1n) is 27.9. The average Bonchev–Trinajstić information content (AvgIpc) is 3.52. The third-order valence-corrected chi connectivity index (χ3v) is 8.67. The van der Waals surface area contributed by atoms with Crippen molar-refractivity contribution in [2.45, 2.75) is 0 Å². The lowest BCUT2D eigenvalue weighted by Gasteiger charge is -2.18. The molecule has 9 aromatic carbocycles. The highest BCUT2D eigenvalue weighted by atomic mass is 15.0. The van der Waals surface area contributed by atoms with E-state index in [1.54, 1.807) is 60.7 Å². The predicted molar refractivity (Wildman–Crippen MR) is 225 cm³/mol. The molecule has 0 aliphatic rings. The minimum absolute atomic E-state index is 0.0108. The lowest BCUT2D eigenvalue weighted by Crippen LogP contribution is -2.01. The molecule has 1 aromatic heterocycles. The quantitative estimate of drug-likeness (QED) is 0.161. The lowest BCUT2D eigenvalue weighted by molar-refractivity contribution is 1.07. The molecule has 10 aromatic rings. The van der Waals surface area contributed by atoms with Crippen LogP contribution in [-0.4, -0.2) is 15.0 Å². The summed E-state index contributed by atoms with van der Waals surface area (Å²) in [5.74, 6) is -0.404. The van der Waals surface area contributed by atoms with Crippen LogP contribution in [0.2, 0.25) is 0 Å². The van der Waals surface area contributed by atoms with Gasteiger partial charge in [-0.25, -0.2) is 15.0 Å². The number of aromatic nitrogens is 3. The summed E-state index contributed by atoms with van der Waals surface area (Å²) in [6, 6.07) is -4.23. The first kappa shape index (κ1) is 15.8. The van der Waals surface area contributed by atoms with Crippen molar-refractivity contribution in [1.29, 1.82) is 0 Å². The van der Waals surface area contributed by atoms with Gasteiger partial charge in [0.2, 0.25) is 0 Å². The lowest BCUT2D eigenvalue weighted by atomic mass is 9.86. The molecule has 0 fully saturated rings. The molecular formula is C51H33N3. The van der Waals surface area contributed by atoms with E-state index >= 15 is 0 Å². The van der Waals surface area contributed by atoms with E-state index in [2.05, 4.69) is 15.0 Å². The summed E-state index contributed by atoms with van der Waals surface area (Å²) in [5, 5.41) is -3.20. The Bertz CT molecular complexity index is 4200. The van der Waals surface area contributed by atoms with Crippen LogP contribution in [-0.2, 0) is 0 Å². The van der Waals surface area contributed by atoms with Crippen molar-refractivity contribution < 1.29 is 31.5 Å². The van der Waals surface area contributed by atoms with E-state index in [4.69, 9.17) is 19.2 Å². The molecule has 0 unspecified atom stereocenters. The summed E-state index contributed by atoms with van der Waals surface area (Å²) in [4.78, 5) is 14.0. The van der Waals surface area contributed by atoms with Gasteiger partial charge in [-0.05, 0) is 71.7 Å². The fourth-order valence-electron chi connectivity index (χ4n) is 6.24. The van der Waals surface area contributed by atoms with Gasteiger partial charge in [0.25, 0.3) is 0 Å². The Morgan fingerprint density at radius 2 is 0.630 bits per heavy atom. The van der Waals surface area contributed by atoms with Gasteiger partial charge >= 0.3 is 0 Å².